The highest BCUT2D eigenvalue weighted by molar-refractivity contribution is 6.68. The Morgan fingerprint density at radius 3 is 2.62 bits per heavy atom. The zero-order chi connectivity index (χ0) is 16.8. The van der Waals surface area contributed by atoms with Crippen molar-refractivity contribution in [1.29, 1.82) is 5.26 Å². The minimum absolute atomic E-state index is 0.0170. The molecule has 0 amide bonds. The molecule has 3 rings (SSSR count). The predicted molar refractivity (Wildman–Crippen MR) is 93.1 cm³/mol. The molecule has 1 fully saturated rings. The highest BCUT2D eigenvalue weighted by Gasteiger charge is 2.23. The molecule has 0 aromatic heterocycles. The Labute approximate surface area is 142 Å². The average molecular weight is 319 g/mol. The van der Waals surface area contributed by atoms with Crippen LogP contribution in [0.2, 0.25) is 6.32 Å². The molecule has 1 heterocycles. The van der Waals surface area contributed by atoms with Gasteiger partial charge in [0.1, 0.15) is 17.8 Å². The van der Waals surface area contributed by atoms with Crippen LogP contribution in [0.5, 0.6) is 11.5 Å². The predicted octanol–water partition coefficient (Wildman–Crippen LogP) is 3.56. The van der Waals surface area contributed by atoms with Gasteiger partial charge in [0.15, 0.2) is 0 Å². The summed E-state index contributed by atoms with van der Waals surface area (Å²) in [5.41, 5.74) is 2.11. The van der Waals surface area contributed by atoms with Gasteiger partial charge in [0, 0.05) is 12.2 Å². The lowest BCUT2D eigenvalue weighted by molar-refractivity contribution is 0.112. The van der Waals surface area contributed by atoms with E-state index >= 15 is 0 Å². The highest BCUT2D eigenvalue weighted by atomic mass is 16.5. The van der Waals surface area contributed by atoms with E-state index in [1.807, 2.05) is 12.1 Å². The molecule has 0 unspecified atom stereocenters. The van der Waals surface area contributed by atoms with Crippen LogP contribution < -0.4 is 10.2 Å². The Morgan fingerprint density at radius 1 is 1.08 bits per heavy atom. The fourth-order valence-electron chi connectivity index (χ4n) is 2.91. The van der Waals surface area contributed by atoms with Gasteiger partial charge in [-0.3, -0.25) is 4.79 Å². The van der Waals surface area contributed by atoms with Gasteiger partial charge in [-0.1, -0.05) is 18.9 Å². The van der Waals surface area contributed by atoms with Gasteiger partial charge in [0.2, 0.25) is 0 Å². The Morgan fingerprint density at radius 2 is 1.88 bits per heavy atom. The highest BCUT2D eigenvalue weighted by Crippen LogP contribution is 2.23. The van der Waals surface area contributed by atoms with E-state index < -0.39 is 0 Å². The summed E-state index contributed by atoms with van der Waals surface area (Å²) in [6.45, 7) is 0.726. The van der Waals surface area contributed by atoms with Crippen LogP contribution in [-0.4, -0.2) is 19.8 Å². The Balaban J connectivity index is 1.80. The molecule has 2 aromatic rings. The molecule has 0 atom stereocenters. The molecular weight excluding hydrogens is 301 g/mol. The molecule has 2 aromatic carbocycles. The number of carbonyl (C=O) groups is 1. The lowest BCUT2D eigenvalue weighted by Crippen LogP contribution is -2.35. The van der Waals surface area contributed by atoms with Crippen LogP contribution in [0.15, 0.2) is 42.5 Å². The maximum atomic E-state index is 11.5. The van der Waals surface area contributed by atoms with Crippen LogP contribution in [0.3, 0.4) is 0 Å². The molecule has 1 aliphatic rings. The third-order valence-electron chi connectivity index (χ3n) is 4.18. The second-order valence-electron chi connectivity index (χ2n) is 5.86. The summed E-state index contributed by atoms with van der Waals surface area (Å²) in [6, 6.07) is 14.5. The number of nitrogens with zero attached hydrogens (tertiary/aromatic N) is 1. The molecule has 0 radical (unpaired) electrons. The molecule has 5 heteroatoms. The third-order valence-corrected chi connectivity index (χ3v) is 4.18. The van der Waals surface area contributed by atoms with Gasteiger partial charge in [-0.15, -0.1) is 0 Å². The number of aldehydes is 1. The molecule has 0 bridgehead atoms. The van der Waals surface area contributed by atoms with E-state index in [-0.39, 0.29) is 6.92 Å². The molecule has 0 saturated carbocycles. The van der Waals surface area contributed by atoms with E-state index in [2.05, 4.69) is 6.07 Å². The van der Waals surface area contributed by atoms with Crippen molar-refractivity contribution in [2.75, 3.05) is 6.61 Å². The smallest absolute Gasteiger partial charge is 0.327 e. The summed E-state index contributed by atoms with van der Waals surface area (Å²) in [6.07, 6.45) is 5.16. The van der Waals surface area contributed by atoms with Crippen molar-refractivity contribution in [1.82, 2.24) is 0 Å². The molecule has 0 spiro atoms. The summed E-state index contributed by atoms with van der Waals surface area (Å²) in [5.74, 6) is 1.23. The normalized spacial score (nSPS) is 14.5. The lowest BCUT2D eigenvalue weighted by Gasteiger charge is -2.15. The van der Waals surface area contributed by atoms with Crippen LogP contribution in [-0.2, 0) is 4.65 Å². The summed E-state index contributed by atoms with van der Waals surface area (Å²) in [5, 5.41) is 8.82. The first-order valence-electron chi connectivity index (χ1n) is 8.19. The molecule has 4 nitrogen and oxygen atoms in total. The van der Waals surface area contributed by atoms with Crippen molar-refractivity contribution in [3.63, 3.8) is 0 Å². The molecule has 0 aliphatic carbocycles. The van der Waals surface area contributed by atoms with Crippen molar-refractivity contribution < 1.29 is 14.2 Å². The van der Waals surface area contributed by atoms with Gasteiger partial charge in [0.25, 0.3) is 0 Å². The topological polar surface area (TPSA) is 59.3 Å². The Hall–Kier alpha value is -2.58. The first-order valence-corrected chi connectivity index (χ1v) is 8.19. The molecule has 24 heavy (non-hydrogen) atoms. The first-order chi connectivity index (χ1) is 11.8. The second kappa shape index (κ2) is 7.80. The molecular formula is C19H18BNO3. The maximum absolute atomic E-state index is 11.5. The molecule has 0 N–H and O–H groups in total. The van der Waals surface area contributed by atoms with Crippen LogP contribution in [0.1, 0.15) is 35.2 Å². The van der Waals surface area contributed by atoms with Crippen molar-refractivity contribution in [2.45, 2.75) is 25.6 Å². The zero-order valence-electron chi connectivity index (χ0n) is 13.4. The van der Waals surface area contributed by atoms with Crippen molar-refractivity contribution in [3.05, 3.63) is 53.6 Å². The van der Waals surface area contributed by atoms with Crippen molar-refractivity contribution in [2.24, 2.45) is 0 Å². The molecule has 1 aliphatic heterocycles. The Kier molecular flexibility index (Phi) is 5.30. The van der Waals surface area contributed by atoms with E-state index in [0.29, 0.717) is 22.6 Å². The number of ether oxygens (including phenoxy) is 1. The van der Waals surface area contributed by atoms with E-state index in [4.69, 9.17) is 14.7 Å². The van der Waals surface area contributed by atoms with Crippen molar-refractivity contribution >= 4 is 18.7 Å². The monoisotopic (exact) mass is 319 g/mol. The number of carbonyl (C=O) groups excluding carboxylic acids is 1. The SMILES string of the molecule is N#Cc1ccc(Oc2ccc(B3CCCCCO3)c(C=O)c2)cc1. The van der Waals surface area contributed by atoms with Gasteiger partial charge in [-0.2, -0.15) is 5.26 Å². The van der Waals surface area contributed by atoms with Gasteiger partial charge >= 0.3 is 6.92 Å². The fraction of sp³-hybridized carbons (Fsp3) is 0.263. The van der Waals surface area contributed by atoms with Gasteiger partial charge in [0.05, 0.1) is 11.6 Å². The Bertz CT molecular complexity index is 744. The maximum Gasteiger partial charge on any atom is 0.327 e. The van der Waals surface area contributed by atoms with Crippen LogP contribution in [0, 0.1) is 11.3 Å². The summed E-state index contributed by atoms with van der Waals surface area (Å²) in [7, 11) is 0. The largest absolute Gasteiger partial charge is 0.457 e. The average Bonchev–Trinajstić information content (AvgIpc) is 2.91. The van der Waals surface area contributed by atoms with Crippen molar-refractivity contribution in [3.8, 4) is 17.6 Å². The minimum atomic E-state index is -0.0170. The summed E-state index contributed by atoms with van der Waals surface area (Å²) >= 11 is 0. The van der Waals surface area contributed by atoms with E-state index in [0.717, 1.165) is 37.5 Å². The zero-order valence-corrected chi connectivity index (χ0v) is 13.4. The number of hydrogen-bond donors (Lipinski definition) is 0. The van der Waals surface area contributed by atoms with E-state index in [1.165, 1.54) is 6.42 Å². The lowest BCUT2D eigenvalue weighted by atomic mass is 9.56. The minimum Gasteiger partial charge on any atom is -0.457 e. The van der Waals surface area contributed by atoms with Gasteiger partial charge in [-0.05, 0) is 54.6 Å². The number of hydrogen-bond acceptors (Lipinski definition) is 4. The number of nitriles is 1. The number of benzene rings is 2. The number of rotatable bonds is 4. The van der Waals surface area contributed by atoms with Gasteiger partial charge in [-0.25, -0.2) is 0 Å². The van der Waals surface area contributed by atoms with Crippen LogP contribution in [0.25, 0.3) is 0 Å². The fourth-order valence-corrected chi connectivity index (χ4v) is 2.91. The summed E-state index contributed by atoms with van der Waals surface area (Å²) in [4.78, 5) is 11.5. The van der Waals surface area contributed by atoms with Crippen LogP contribution >= 0.6 is 0 Å². The van der Waals surface area contributed by atoms with E-state index in [1.54, 1.807) is 30.3 Å². The standard InChI is InChI=1S/C19H18BNO3/c21-13-15-4-6-17(7-5-15)24-18-8-9-19(16(12-18)14-22)20-10-2-1-3-11-23-20/h4-9,12,14H,1-3,10-11H2. The van der Waals surface area contributed by atoms with Crippen LogP contribution in [0.4, 0.5) is 0 Å². The summed E-state index contributed by atoms with van der Waals surface area (Å²) < 4.78 is 11.7. The molecule has 1 saturated heterocycles. The second-order valence-corrected chi connectivity index (χ2v) is 5.86. The molecule has 120 valence electrons. The van der Waals surface area contributed by atoms with E-state index in [9.17, 15) is 4.79 Å². The quantitative estimate of drug-likeness (QED) is 0.638. The first kappa shape index (κ1) is 16.3. The third kappa shape index (κ3) is 3.84. The van der Waals surface area contributed by atoms with Gasteiger partial charge < -0.3 is 9.39 Å².